The lowest BCUT2D eigenvalue weighted by Gasteiger charge is -2.25. The van der Waals surface area contributed by atoms with E-state index in [1.54, 1.807) is 0 Å². The summed E-state index contributed by atoms with van der Waals surface area (Å²) in [4.78, 5) is 12.4. The van der Waals surface area contributed by atoms with Crippen LogP contribution in [-0.2, 0) is 24.2 Å². The number of nitrogens with one attached hydrogen (secondary N) is 1. The summed E-state index contributed by atoms with van der Waals surface area (Å²) in [5, 5.41) is 11.4. The number of aromatic nitrogens is 3. The molecule has 0 aliphatic carbocycles. The first-order chi connectivity index (χ1) is 12.7. The highest BCUT2D eigenvalue weighted by atomic mass is 16.1. The number of fused-ring (bicyclic) bond motifs is 1. The molecule has 4 rings (SSSR count). The Labute approximate surface area is 153 Å². The van der Waals surface area contributed by atoms with Crippen LogP contribution in [0.4, 0.5) is 0 Å². The van der Waals surface area contributed by atoms with Crippen LogP contribution in [0.25, 0.3) is 11.1 Å². The predicted octanol–water partition coefficient (Wildman–Crippen LogP) is 2.93. The van der Waals surface area contributed by atoms with Crippen molar-refractivity contribution in [2.45, 2.75) is 38.8 Å². The summed E-state index contributed by atoms with van der Waals surface area (Å²) < 4.78 is 2.10. The number of amides is 1. The monoisotopic (exact) mass is 346 g/mol. The lowest BCUT2D eigenvalue weighted by atomic mass is 10.0. The van der Waals surface area contributed by atoms with Gasteiger partial charge in [-0.2, -0.15) is 0 Å². The molecule has 0 unspecified atom stereocenters. The summed E-state index contributed by atoms with van der Waals surface area (Å²) in [7, 11) is 0. The van der Waals surface area contributed by atoms with Crippen LogP contribution in [0.5, 0.6) is 0 Å². The van der Waals surface area contributed by atoms with Crippen molar-refractivity contribution in [3.8, 4) is 11.1 Å². The van der Waals surface area contributed by atoms with Gasteiger partial charge in [0.2, 0.25) is 5.91 Å². The van der Waals surface area contributed by atoms with Crippen LogP contribution in [0.15, 0.2) is 54.6 Å². The Bertz CT molecular complexity index is 900. The van der Waals surface area contributed by atoms with Crippen LogP contribution in [0, 0.1) is 6.92 Å². The maximum Gasteiger partial charge on any atom is 0.224 e. The second kappa shape index (κ2) is 7.12. The third kappa shape index (κ3) is 3.52. The lowest BCUT2D eigenvalue weighted by Crippen LogP contribution is -2.41. The van der Waals surface area contributed by atoms with Crippen molar-refractivity contribution in [1.82, 2.24) is 20.1 Å². The molecule has 1 N–H and O–H groups in total. The number of nitrogens with zero attached hydrogens (tertiary/aromatic N) is 3. The molecule has 0 saturated heterocycles. The first-order valence-electron chi connectivity index (χ1n) is 9.01. The summed E-state index contributed by atoms with van der Waals surface area (Å²) in [5.74, 6) is 2.00. The molecule has 0 bridgehead atoms. The standard InChI is InChI=1S/C21H22N4O/c1-15-23-24-20-12-11-19(14-25(15)20)22-21(26)13-16-7-9-18(10-8-16)17-5-3-2-4-6-17/h2-10,19H,11-14H2,1H3,(H,22,26)/t19-/m0/s1. The lowest BCUT2D eigenvalue weighted by molar-refractivity contribution is -0.121. The quantitative estimate of drug-likeness (QED) is 0.790. The van der Waals surface area contributed by atoms with Crippen molar-refractivity contribution in [3.63, 3.8) is 0 Å². The number of benzene rings is 2. The highest BCUT2D eigenvalue weighted by molar-refractivity contribution is 5.79. The van der Waals surface area contributed by atoms with Gasteiger partial charge < -0.3 is 9.88 Å². The van der Waals surface area contributed by atoms with Crippen molar-refractivity contribution in [1.29, 1.82) is 0 Å². The van der Waals surface area contributed by atoms with Gasteiger partial charge in [-0.3, -0.25) is 4.79 Å². The van der Waals surface area contributed by atoms with Crippen LogP contribution in [0.3, 0.4) is 0 Å². The summed E-state index contributed by atoms with van der Waals surface area (Å²) in [6.45, 7) is 2.71. The molecule has 26 heavy (non-hydrogen) atoms. The molecule has 0 saturated carbocycles. The molecule has 1 atom stereocenters. The van der Waals surface area contributed by atoms with Gasteiger partial charge in [0.15, 0.2) is 0 Å². The van der Waals surface area contributed by atoms with Gasteiger partial charge >= 0.3 is 0 Å². The largest absolute Gasteiger partial charge is 0.351 e. The van der Waals surface area contributed by atoms with Crippen molar-refractivity contribution >= 4 is 5.91 Å². The molecular weight excluding hydrogens is 324 g/mol. The summed E-state index contributed by atoms with van der Waals surface area (Å²) in [6, 6.07) is 18.6. The predicted molar refractivity (Wildman–Crippen MR) is 101 cm³/mol. The van der Waals surface area contributed by atoms with Crippen LogP contribution >= 0.6 is 0 Å². The molecule has 2 aromatic carbocycles. The van der Waals surface area contributed by atoms with Crippen molar-refractivity contribution in [2.75, 3.05) is 0 Å². The first kappa shape index (κ1) is 16.5. The Balaban J connectivity index is 1.36. The first-order valence-corrected chi connectivity index (χ1v) is 9.01. The summed E-state index contributed by atoms with van der Waals surface area (Å²) in [5.41, 5.74) is 3.38. The van der Waals surface area contributed by atoms with E-state index in [2.05, 4.69) is 44.3 Å². The fraction of sp³-hybridized carbons (Fsp3) is 0.286. The van der Waals surface area contributed by atoms with E-state index in [0.29, 0.717) is 6.42 Å². The molecule has 1 amide bonds. The molecule has 0 fully saturated rings. The maximum absolute atomic E-state index is 12.4. The van der Waals surface area contributed by atoms with Gasteiger partial charge in [0.1, 0.15) is 11.6 Å². The molecule has 1 aliphatic heterocycles. The number of carbonyl (C=O) groups is 1. The fourth-order valence-corrected chi connectivity index (χ4v) is 3.49. The van der Waals surface area contributed by atoms with Gasteiger partial charge in [0.25, 0.3) is 0 Å². The Morgan fingerprint density at radius 2 is 1.81 bits per heavy atom. The van der Waals surface area contributed by atoms with E-state index >= 15 is 0 Å². The van der Waals surface area contributed by atoms with Crippen LogP contribution in [0.2, 0.25) is 0 Å². The molecule has 1 aromatic heterocycles. The fourth-order valence-electron chi connectivity index (χ4n) is 3.49. The van der Waals surface area contributed by atoms with Gasteiger partial charge in [-0.05, 0) is 30.0 Å². The minimum absolute atomic E-state index is 0.0663. The average molecular weight is 346 g/mol. The van der Waals surface area contributed by atoms with Gasteiger partial charge in [0, 0.05) is 19.0 Å². The summed E-state index contributed by atoms with van der Waals surface area (Å²) >= 11 is 0. The van der Waals surface area contributed by atoms with Gasteiger partial charge in [-0.25, -0.2) is 0 Å². The molecule has 5 nitrogen and oxygen atoms in total. The Kier molecular flexibility index (Phi) is 4.52. The van der Waals surface area contributed by atoms with E-state index in [1.165, 1.54) is 5.56 Å². The van der Waals surface area contributed by atoms with Crippen LogP contribution in [-0.4, -0.2) is 26.7 Å². The second-order valence-corrected chi connectivity index (χ2v) is 6.82. The van der Waals surface area contributed by atoms with E-state index in [-0.39, 0.29) is 11.9 Å². The molecule has 0 spiro atoms. The Morgan fingerprint density at radius 1 is 1.08 bits per heavy atom. The highest BCUT2D eigenvalue weighted by Crippen LogP contribution is 2.19. The van der Waals surface area contributed by atoms with Crippen molar-refractivity contribution < 1.29 is 4.79 Å². The van der Waals surface area contributed by atoms with E-state index in [9.17, 15) is 4.79 Å². The molecule has 0 radical (unpaired) electrons. The zero-order valence-electron chi connectivity index (χ0n) is 14.9. The molecule has 132 valence electrons. The minimum atomic E-state index is 0.0663. The number of rotatable bonds is 4. The number of aryl methyl sites for hydroxylation is 2. The number of carbonyl (C=O) groups excluding carboxylic acids is 1. The Hall–Kier alpha value is -2.95. The van der Waals surface area contributed by atoms with E-state index in [1.807, 2.05) is 37.3 Å². The smallest absolute Gasteiger partial charge is 0.224 e. The normalized spacial score (nSPS) is 16.1. The SMILES string of the molecule is Cc1nnc2n1C[C@@H](NC(=O)Cc1ccc(-c3ccccc3)cc1)CC2. The topological polar surface area (TPSA) is 59.8 Å². The summed E-state index contributed by atoms with van der Waals surface area (Å²) in [6.07, 6.45) is 2.17. The molecule has 1 aliphatic rings. The van der Waals surface area contributed by atoms with Gasteiger partial charge in [-0.15, -0.1) is 10.2 Å². The van der Waals surface area contributed by atoms with Crippen LogP contribution < -0.4 is 5.32 Å². The number of hydrogen-bond donors (Lipinski definition) is 1. The molecule has 2 heterocycles. The van der Waals surface area contributed by atoms with E-state index in [4.69, 9.17) is 0 Å². The molecular formula is C21H22N4O. The van der Waals surface area contributed by atoms with Gasteiger partial charge in [0.05, 0.1) is 6.42 Å². The minimum Gasteiger partial charge on any atom is -0.351 e. The van der Waals surface area contributed by atoms with E-state index < -0.39 is 0 Å². The third-order valence-corrected chi connectivity index (χ3v) is 4.92. The van der Waals surface area contributed by atoms with Crippen LogP contribution in [0.1, 0.15) is 23.6 Å². The zero-order valence-corrected chi connectivity index (χ0v) is 14.9. The van der Waals surface area contributed by atoms with E-state index in [0.717, 1.165) is 42.2 Å². The second-order valence-electron chi connectivity index (χ2n) is 6.82. The highest BCUT2D eigenvalue weighted by Gasteiger charge is 2.22. The zero-order chi connectivity index (χ0) is 17.9. The molecule has 3 aromatic rings. The van der Waals surface area contributed by atoms with Crippen molar-refractivity contribution in [2.24, 2.45) is 0 Å². The Morgan fingerprint density at radius 3 is 2.58 bits per heavy atom. The molecule has 5 heteroatoms. The third-order valence-electron chi connectivity index (χ3n) is 4.92. The number of hydrogen-bond acceptors (Lipinski definition) is 3. The van der Waals surface area contributed by atoms with Gasteiger partial charge in [-0.1, -0.05) is 54.6 Å². The van der Waals surface area contributed by atoms with Crippen molar-refractivity contribution in [3.05, 3.63) is 71.8 Å². The average Bonchev–Trinajstić information content (AvgIpc) is 3.03. The maximum atomic E-state index is 12.4.